The summed E-state index contributed by atoms with van der Waals surface area (Å²) in [6.07, 6.45) is 4.33. The van der Waals surface area contributed by atoms with Crippen LogP contribution in [0.3, 0.4) is 0 Å². The van der Waals surface area contributed by atoms with Gasteiger partial charge in [-0.3, -0.25) is 0 Å². The maximum Gasteiger partial charge on any atom is 0.156 e. The Labute approximate surface area is 146 Å². The number of nitrogens with zero attached hydrogens (tertiary/aromatic N) is 5. The molecule has 0 bridgehead atoms. The van der Waals surface area contributed by atoms with Crippen molar-refractivity contribution >= 4 is 22.4 Å². The molecule has 1 N–H and O–H groups in total. The zero-order valence-electron chi connectivity index (χ0n) is 14.0. The molecule has 1 saturated heterocycles. The highest BCUT2D eigenvalue weighted by Crippen LogP contribution is 2.39. The van der Waals surface area contributed by atoms with Crippen molar-refractivity contribution in [1.82, 2.24) is 20.4 Å². The van der Waals surface area contributed by atoms with Gasteiger partial charge in [0.05, 0.1) is 11.9 Å². The van der Waals surface area contributed by atoms with Gasteiger partial charge in [-0.1, -0.05) is 24.3 Å². The molecular formula is C19H20N6. The smallest absolute Gasteiger partial charge is 0.156 e. The molecule has 2 aliphatic rings. The topological polar surface area (TPSA) is 66.8 Å². The van der Waals surface area contributed by atoms with Crippen molar-refractivity contribution in [3.63, 3.8) is 0 Å². The zero-order valence-corrected chi connectivity index (χ0v) is 14.0. The number of hydrogen-bond acceptors (Lipinski definition) is 6. The Bertz CT molecular complexity index is 879. The van der Waals surface area contributed by atoms with Crippen molar-refractivity contribution in [3.05, 3.63) is 48.3 Å². The van der Waals surface area contributed by atoms with Crippen molar-refractivity contribution in [2.45, 2.75) is 18.8 Å². The highest BCUT2D eigenvalue weighted by atomic mass is 15.3. The number of anilines is 2. The lowest BCUT2D eigenvalue weighted by atomic mass is 10.00. The lowest BCUT2D eigenvalue weighted by Gasteiger charge is -2.40. The molecule has 126 valence electrons. The Kier molecular flexibility index (Phi) is 3.47. The second kappa shape index (κ2) is 5.95. The van der Waals surface area contributed by atoms with Crippen LogP contribution in [-0.4, -0.2) is 40.0 Å². The number of rotatable bonds is 5. The van der Waals surface area contributed by atoms with Crippen molar-refractivity contribution in [1.29, 1.82) is 0 Å². The Balaban J connectivity index is 1.18. The normalized spacial score (nSPS) is 17.5. The van der Waals surface area contributed by atoms with Crippen LogP contribution in [0, 0.1) is 5.92 Å². The largest absolute Gasteiger partial charge is 0.368 e. The van der Waals surface area contributed by atoms with E-state index >= 15 is 0 Å². The fourth-order valence-electron chi connectivity index (χ4n) is 3.39. The third-order valence-corrected chi connectivity index (χ3v) is 5.08. The van der Waals surface area contributed by atoms with Crippen LogP contribution in [-0.2, 0) is 0 Å². The molecule has 0 amide bonds. The summed E-state index contributed by atoms with van der Waals surface area (Å²) in [7, 11) is 0. The van der Waals surface area contributed by atoms with E-state index in [-0.39, 0.29) is 0 Å². The first kappa shape index (κ1) is 14.6. The van der Waals surface area contributed by atoms with Gasteiger partial charge in [0.15, 0.2) is 11.6 Å². The van der Waals surface area contributed by atoms with Crippen molar-refractivity contribution < 1.29 is 0 Å². The lowest BCUT2D eigenvalue weighted by Crippen LogP contribution is -2.50. The first-order valence-electron chi connectivity index (χ1n) is 8.90. The molecule has 25 heavy (non-hydrogen) atoms. The predicted octanol–water partition coefficient (Wildman–Crippen LogP) is 2.85. The van der Waals surface area contributed by atoms with Gasteiger partial charge >= 0.3 is 0 Å². The van der Waals surface area contributed by atoms with E-state index in [1.54, 1.807) is 6.20 Å². The van der Waals surface area contributed by atoms with Gasteiger partial charge in [0, 0.05) is 42.2 Å². The molecule has 6 nitrogen and oxygen atoms in total. The van der Waals surface area contributed by atoms with Crippen LogP contribution < -0.4 is 10.2 Å². The summed E-state index contributed by atoms with van der Waals surface area (Å²) in [5.41, 5.74) is 1.15. The molecular weight excluding hydrogens is 312 g/mol. The average Bonchev–Trinajstić information content (AvgIpc) is 3.46. The highest BCUT2D eigenvalue weighted by molar-refractivity contribution is 5.90. The van der Waals surface area contributed by atoms with Gasteiger partial charge in [0.1, 0.15) is 0 Å². The van der Waals surface area contributed by atoms with Crippen LogP contribution >= 0.6 is 0 Å². The molecule has 0 unspecified atom stereocenters. The molecule has 0 radical (unpaired) electrons. The third kappa shape index (κ3) is 2.88. The Morgan fingerprint density at radius 1 is 1.00 bits per heavy atom. The van der Waals surface area contributed by atoms with Gasteiger partial charge in [0.25, 0.3) is 0 Å². The van der Waals surface area contributed by atoms with Crippen LogP contribution in [0.4, 0.5) is 11.6 Å². The molecule has 6 heteroatoms. The highest BCUT2D eigenvalue weighted by Gasteiger charge is 2.29. The second-order valence-electron chi connectivity index (χ2n) is 7.02. The van der Waals surface area contributed by atoms with E-state index in [0.29, 0.717) is 11.8 Å². The molecule has 0 spiro atoms. The molecule has 2 fully saturated rings. The molecule has 0 atom stereocenters. The van der Waals surface area contributed by atoms with Gasteiger partial charge in [-0.25, -0.2) is 0 Å². The summed E-state index contributed by atoms with van der Waals surface area (Å²) < 4.78 is 0. The minimum Gasteiger partial charge on any atom is -0.368 e. The first-order chi connectivity index (χ1) is 12.4. The zero-order chi connectivity index (χ0) is 16.6. The van der Waals surface area contributed by atoms with Crippen molar-refractivity contribution in [2.24, 2.45) is 5.92 Å². The van der Waals surface area contributed by atoms with E-state index in [1.165, 1.54) is 12.8 Å². The molecule has 1 aromatic carbocycles. The lowest BCUT2D eigenvalue weighted by molar-refractivity contribution is 0.425. The Morgan fingerprint density at radius 3 is 2.68 bits per heavy atom. The van der Waals surface area contributed by atoms with Crippen LogP contribution in [0.1, 0.15) is 24.5 Å². The maximum absolute atomic E-state index is 4.39. The maximum atomic E-state index is 4.39. The molecule has 2 aromatic heterocycles. The Morgan fingerprint density at radius 2 is 1.88 bits per heavy atom. The van der Waals surface area contributed by atoms with E-state index in [1.807, 2.05) is 12.1 Å². The summed E-state index contributed by atoms with van der Waals surface area (Å²) in [5, 5.41) is 22.8. The molecule has 5 rings (SSSR count). The number of nitrogens with one attached hydrogen (secondary N) is 1. The number of aromatic nitrogens is 4. The SMILES string of the molecule is c1ccc2c(NCC3CN(c4ccc(C5CC5)nn4)C3)nncc2c1. The minimum atomic E-state index is 0.589. The van der Waals surface area contributed by atoms with Gasteiger partial charge < -0.3 is 10.2 Å². The number of fused-ring (bicyclic) bond motifs is 1. The van der Waals surface area contributed by atoms with Crippen molar-refractivity contribution in [2.75, 3.05) is 29.9 Å². The summed E-state index contributed by atoms with van der Waals surface area (Å²) in [6.45, 7) is 2.90. The molecule has 3 aromatic rings. The van der Waals surface area contributed by atoms with Gasteiger partial charge in [-0.2, -0.15) is 10.2 Å². The fourth-order valence-corrected chi connectivity index (χ4v) is 3.39. The predicted molar refractivity (Wildman–Crippen MR) is 97.7 cm³/mol. The van der Waals surface area contributed by atoms with Crippen LogP contribution in [0.15, 0.2) is 42.6 Å². The number of benzene rings is 1. The summed E-state index contributed by atoms with van der Waals surface area (Å²) in [4.78, 5) is 2.28. The van der Waals surface area contributed by atoms with Crippen LogP contribution in [0.25, 0.3) is 10.8 Å². The molecule has 1 aliphatic heterocycles. The van der Waals surface area contributed by atoms with E-state index < -0.39 is 0 Å². The van der Waals surface area contributed by atoms with Gasteiger partial charge in [0.2, 0.25) is 0 Å². The quantitative estimate of drug-likeness (QED) is 0.775. The Hall–Kier alpha value is -2.76. The molecule has 1 aliphatic carbocycles. The van der Waals surface area contributed by atoms with E-state index in [9.17, 15) is 0 Å². The van der Waals surface area contributed by atoms with E-state index in [0.717, 1.165) is 47.7 Å². The van der Waals surface area contributed by atoms with E-state index in [4.69, 9.17) is 0 Å². The van der Waals surface area contributed by atoms with Gasteiger partial charge in [-0.15, -0.1) is 10.2 Å². The fraction of sp³-hybridized carbons (Fsp3) is 0.368. The average molecular weight is 332 g/mol. The van der Waals surface area contributed by atoms with Gasteiger partial charge in [-0.05, 0) is 25.0 Å². The van der Waals surface area contributed by atoms with Crippen LogP contribution in [0.2, 0.25) is 0 Å². The summed E-state index contributed by atoms with van der Waals surface area (Å²) in [6, 6.07) is 12.4. The van der Waals surface area contributed by atoms with Crippen molar-refractivity contribution in [3.8, 4) is 0 Å². The molecule has 3 heterocycles. The standard InChI is InChI=1S/C19H20N6/c1-2-4-16-15(3-1)10-21-24-19(16)20-9-13-11-25(12-13)18-8-7-17(22-23-18)14-5-6-14/h1-4,7-8,10,13-14H,5-6,9,11-12H2,(H,20,24). The van der Waals surface area contributed by atoms with Crippen LogP contribution in [0.5, 0.6) is 0 Å². The first-order valence-corrected chi connectivity index (χ1v) is 8.90. The summed E-state index contributed by atoms with van der Waals surface area (Å²) in [5.74, 6) is 3.11. The number of hydrogen-bond donors (Lipinski definition) is 1. The minimum absolute atomic E-state index is 0.589. The monoisotopic (exact) mass is 332 g/mol. The van der Waals surface area contributed by atoms with E-state index in [2.05, 4.69) is 54.9 Å². The summed E-state index contributed by atoms with van der Waals surface area (Å²) >= 11 is 0. The third-order valence-electron chi connectivity index (χ3n) is 5.08. The molecule has 1 saturated carbocycles. The second-order valence-corrected chi connectivity index (χ2v) is 7.02.